The Morgan fingerprint density at radius 1 is 0.255 bits per heavy atom. The molecule has 0 spiro atoms. The molecule has 0 heteroatoms. The van der Waals surface area contributed by atoms with Crippen LogP contribution in [0, 0.1) is 0 Å². The Morgan fingerprint density at radius 2 is 0.691 bits per heavy atom. The summed E-state index contributed by atoms with van der Waals surface area (Å²) in [6.45, 7) is 4.70. The Labute approximate surface area is 322 Å². The van der Waals surface area contributed by atoms with E-state index in [1.54, 1.807) is 0 Å². The molecule has 55 heavy (non-hydrogen) atoms. The summed E-state index contributed by atoms with van der Waals surface area (Å²) < 4.78 is 0. The first-order chi connectivity index (χ1) is 27.0. The van der Waals surface area contributed by atoms with Crippen LogP contribution in [0.2, 0.25) is 0 Å². The summed E-state index contributed by atoms with van der Waals surface area (Å²) in [7, 11) is 0. The molecule has 0 aliphatic heterocycles. The molecule has 1 aliphatic carbocycles. The van der Waals surface area contributed by atoms with Crippen LogP contribution in [0.25, 0.3) is 98.7 Å². The van der Waals surface area contributed by atoms with Gasteiger partial charge >= 0.3 is 0 Å². The van der Waals surface area contributed by atoms with Gasteiger partial charge in [0.15, 0.2) is 0 Å². The average Bonchev–Trinajstić information content (AvgIpc) is 3.47. The summed E-state index contributed by atoms with van der Waals surface area (Å²) in [4.78, 5) is 0. The van der Waals surface area contributed by atoms with Gasteiger partial charge in [-0.1, -0.05) is 166 Å². The number of hydrogen-bond acceptors (Lipinski definition) is 0. The van der Waals surface area contributed by atoms with E-state index in [1.165, 1.54) is 110 Å². The van der Waals surface area contributed by atoms with E-state index >= 15 is 0 Å². The largest absolute Gasteiger partial charge is 0.0622 e. The Bertz CT molecular complexity index is 3160. The SMILES string of the molecule is CC1(C)c2ccccc2-c2ccc(-c3ccc4cc(-c5ccc6c(ccc7cc(-c8cc9ccccc9cc8-c8ccccc8)ccc76)c5)ccc4c3)cc21. The van der Waals surface area contributed by atoms with Crippen LogP contribution < -0.4 is 0 Å². The van der Waals surface area contributed by atoms with Crippen molar-refractivity contribution in [1.82, 2.24) is 0 Å². The molecular weight excluding hydrogens is 661 g/mol. The first-order valence-electron chi connectivity index (χ1n) is 19.3. The van der Waals surface area contributed by atoms with Crippen molar-refractivity contribution >= 4 is 43.1 Å². The van der Waals surface area contributed by atoms with E-state index in [-0.39, 0.29) is 5.41 Å². The van der Waals surface area contributed by atoms with Crippen LogP contribution in [-0.4, -0.2) is 0 Å². The second-order valence-corrected chi connectivity index (χ2v) is 15.8. The lowest BCUT2D eigenvalue weighted by Crippen LogP contribution is -2.14. The molecule has 0 saturated heterocycles. The maximum Gasteiger partial charge on any atom is 0.0159 e. The van der Waals surface area contributed by atoms with Crippen molar-refractivity contribution < 1.29 is 0 Å². The Hall–Kier alpha value is -6.76. The molecule has 10 aromatic rings. The molecule has 0 atom stereocenters. The van der Waals surface area contributed by atoms with Crippen molar-refractivity contribution in [3.8, 4) is 55.6 Å². The highest BCUT2D eigenvalue weighted by atomic mass is 14.4. The molecule has 0 fully saturated rings. The first-order valence-corrected chi connectivity index (χ1v) is 19.3. The van der Waals surface area contributed by atoms with Gasteiger partial charge in [-0.05, 0) is 152 Å². The number of rotatable bonds is 4. The van der Waals surface area contributed by atoms with Gasteiger partial charge in [0.05, 0.1) is 0 Å². The van der Waals surface area contributed by atoms with Crippen molar-refractivity contribution in [3.05, 3.63) is 205 Å². The third kappa shape index (κ3) is 5.13. The van der Waals surface area contributed by atoms with E-state index in [0.717, 1.165) is 0 Å². The van der Waals surface area contributed by atoms with Gasteiger partial charge in [0.1, 0.15) is 0 Å². The smallest absolute Gasteiger partial charge is 0.0159 e. The Balaban J connectivity index is 0.923. The van der Waals surface area contributed by atoms with Crippen molar-refractivity contribution in [2.75, 3.05) is 0 Å². The summed E-state index contributed by atoms with van der Waals surface area (Å²) in [5, 5.41) is 10.1. The van der Waals surface area contributed by atoms with E-state index in [2.05, 4.69) is 208 Å². The Kier molecular flexibility index (Phi) is 7.00. The van der Waals surface area contributed by atoms with Crippen molar-refractivity contribution in [3.63, 3.8) is 0 Å². The lowest BCUT2D eigenvalue weighted by Gasteiger charge is -2.22. The zero-order chi connectivity index (χ0) is 36.7. The molecule has 0 aromatic heterocycles. The van der Waals surface area contributed by atoms with E-state index in [1.807, 2.05) is 0 Å². The van der Waals surface area contributed by atoms with Gasteiger partial charge in [-0.3, -0.25) is 0 Å². The van der Waals surface area contributed by atoms with Gasteiger partial charge in [0.2, 0.25) is 0 Å². The molecule has 1 aliphatic rings. The Morgan fingerprint density at radius 3 is 1.36 bits per heavy atom. The fourth-order valence-corrected chi connectivity index (χ4v) is 9.24. The maximum absolute atomic E-state index is 2.41. The minimum absolute atomic E-state index is 0.00670. The molecule has 258 valence electrons. The third-order valence-electron chi connectivity index (χ3n) is 12.2. The van der Waals surface area contributed by atoms with Gasteiger partial charge in [0, 0.05) is 5.41 Å². The van der Waals surface area contributed by atoms with E-state index in [9.17, 15) is 0 Å². The van der Waals surface area contributed by atoms with Gasteiger partial charge in [-0.2, -0.15) is 0 Å². The van der Waals surface area contributed by atoms with Crippen LogP contribution in [0.1, 0.15) is 25.0 Å². The molecule has 0 bridgehead atoms. The quantitative estimate of drug-likeness (QED) is 0.161. The second kappa shape index (κ2) is 12.1. The molecule has 0 unspecified atom stereocenters. The van der Waals surface area contributed by atoms with Crippen LogP contribution in [0.5, 0.6) is 0 Å². The van der Waals surface area contributed by atoms with E-state index < -0.39 is 0 Å². The van der Waals surface area contributed by atoms with E-state index in [4.69, 9.17) is 0 Å². The van der Waals surface area contributed by atoms with Crippen molar-refractivity contribution in [1.29, 1.82) is 0 Å². The first kappa shape index (κ1) is 31.7. The van der Waals surface area contributed by atoms with Crippen LogP contribution in [0.15, 0.2) is 194 Å². The van der Waals surface area contributed by atoms with Gasteiger partial charge in [-0.15, -0.1) is 0 Å². The molecule has 0 radical (unpaired) electrons. The van der Waals surface area contributed by atoms with Gasteiger partial charge in [0.25, 0.3) is 0 Å². The highest BCUT2D eigenvalue weighted by molar-refractivity contribution is 6.10. The van der Waals surface area contributed by atoms with Gasteiger partial charge in [-0.25, -0.2) is 0 Å². The predicted molar refractivity (Wildman–Crippen MR) is 236 cm³/mol. The minimum atomic E-state index is -0.00670. The minimum Gasteiger partial charge on any atom is -0.0622 e. The maximum atomic E-state index is 2.41. The van der Waals surface area contributed by atoms with Crippen molar-refractivity contribution in [2.24, 2.45) is 0 Å². The van der Waals surface area contributed by atoms with Crippen LogP contribution in [-0.2, 0) is 5.41 Å². The van der Waals surface area contributed by atoms with Crippen LogP contribution >= 0.6 is 0 Å². The molecule has 0 heterocycles. The molecule has 0 N–H and O–H groups in total. The molecular formula is C55H38. The second-order valence-electron chi connectivity index (χ2n) is 15.8. The highest BCUT2D eigenvalue weighted by Gasteiger charge is 2.35. The standard InChI is InChI=1S/C55H38/c1-55(2)53-15-9-8-14-49(53)50-27-23-43(34-54(50)55)41-19-18-38-28-40(17-16-39(38)29-41)42-22-25-47-44(30-42)20-21-45-31-46(24-26-48(45)47)52-33-37-13-7-6-12-36(37)32-51(52)35-10-4-3-5-11-35/h3-34H,1-2H3. The lowest BCUT2D eigenvalue weighted by atomic mass is 9.81. The number of benzene rings is 10. The summed E-state index contributed by atoms with van der Waals surface area (Å²) in [6.07, 6.45) is 0. The molecule has 0 amide bonds. The molecule has 0 nitrogen and oxygen atoms in total. The third-order valence-corrected chi connectivity index (χ3v) is 12.2. The molecule has 0 saturated carbocycles. The molecule has 11 rings (SSSR count). The average molecular weight is 699 g/mol. The van der Waals surface area contributed by atoms with Gasteiger partial charge < -0.3 is 0 Å². The number of fused-ring (bicyclic) bond motifs is 8. The topological polar surface area (TPSA) is 0 Å². The summed E-state index contributed by atoms with van der Waals surface area (Å²) in [6, 6.07) is 72.3. The fourth-order valence-electron chi connectivity index (χ4n) is 9.24. The molecule has 10 aromatic carbocycles. The zero-order valence-electron chi connectivity index (χ0n) is 31.0. The number of hydrogen-bond donors (Lipinski definition) is 0. The highest BCUT2D eigenvalue weighted by Crippen LogP contribution is 2.49. The lowest BCUT2D eigenvalue weighted by molar-refractivity contribution is 0.660. The predicted octanol–water partition coefficient (Wildman–Crippen LogP) is 15.3. The summed E-state index contributed by atoms with van der Waals surface area (Å²) >= 11 is 0. The summed E-state index contributed by atoms with van der Waals surface area (Å²) in [5.41, 5.74) is 15.5. The van der Waals surface area contributed by atoms with E-state index in [0.29, 0.717) is 0 Å². The normalized spacial score (nSPS) is 13.1. The monoisotopic (exact) mass is 698 g/mol. The van der Waals surface area contributed by atoms with Crippen LogP contribution in [0.4, 0.5) is 0 Å². The van der Waals surface area contributed by atoms with Crippen molar-refractivity contribution in [2.45, 2.75) is 19.3 Å². The zero-order valence-corrected chi connectivity index (χ0v) is 31.0. The fraction of sp³-hybridized carbons (Fsp3) is 0.0545. The van der Waals surface area contributed by atoms with Crippen LogP contribution in [0.3, 0.4) is 0 Å². The summed E-state index contributed by atoms with van der Waals surface area (Å²) in [5.74, 6) is 0.